The Morgan fingerprint density at radius 3 is 2.91 bits per heavy atom. The van der Waals surface area contributed by atoms with Crippen molar-refractivity contribution in [3.63, 3.8) is 0 Å². The van der Waals surface area contributed by atoms with Gasteiger partial charge in [0.2, 0.25) is 5.91 Å². The van der Waals surface area contributed by atoms with Gasteiger partial charge in [-0.05, 0) is 39.5 Å². The van der Waals surface area contributed by atoms with Gasteiger partial charge in [-0.3, -0.25) is 4.79 Å². The van der Waals surface area contributed by atoms with E-state index in [9.17, 15) is 4.79 Å². The summed E-state index contributed by atoms with van der Waals surface area (Å²) in [7, 11) is 0. The van der Waals surface area contributed by atoms with E-state index < -0.39 is 0 Å². The zero-order valence-corrected chi connectivity index (χ0v) is 14.4. The van der Waals surface area contributed by atoms with Crippen molar-refractivity contribution in [1.82, 2.24) is 10.1 Å². The van der Waals surface area contributed by atoms with Crippen LogP contribution in [-0.4, -0.2) is 21.8 Å². The molecule has 2 aromatic heterocycles. The highest BCUT2D eigenvalue weighted by Crippen LogP contribution is 2.29. The summed E-state index contributed by atoms with van der Waals surface area (Å²) in [6.45, 7) is 3.82. The summed E-state index contributed by atoms with van der Waals surface area (Å²) < 4.78 is 5.12. The van der Waals surface area contributed by atoms with Gasteiger partial charge < -0.3 is 9.84 Å². The third kappa shape index (κ3) is 3.52. The van der Waals surface area contributed by atoms with Crippen molar-refractivity contribution in [2.45, 2.75) is 45.3 Å². The zero-order valence-electron chi connectivity index (χ0n) is 12.8. The lowest BCUT2D eigenvalue weighted by atomic mass is 10.0. The highest BCUT2D eigenvalue weighted by atomic mass is 32.2. The second kappa shape index (κ2) is 6.83. The third-order valence-electron chi connectivity index (χ3n) is 3.75. The lowest BCUT2D eigenvalue weighted by Gasteiger charge is -2.06. The van der Waals surface area contributed by atoms with Crippen LogP contribution in [0.2, 0.25) is 0 Å². The minimum absolute atomic E-state index is 0.00265. The average molecular weight is 337 g/mol. The summed E-state index contributed by atoms with van der Waals surface area (Å²) in [6.07, 6.45) is 4.58. The maximum Gasteiger partial charge on any atom is 0.236 e. The molecule has 1 aliphatic rings. The predicted octanol–water partition coefficient (Wildman–Crippen LogP) is 3.50. The zero-order chi connectivity index (χ0) is 15.5. The molecule has 0 saturated heterocycles. The second-order valence-corrected chi connectivity index (χ2v) is 7.51. The second-order valence-electron chi connectivity index (χ2n) is 5.44. The normalized spacial score (nSPS) is 13.9. The van der Waals surface area contributed by atoms with Gasteiger partial charge in [0.05, 0.1) is 17.1 Å². The quantitative estimate of drug-likeness (QED) is 0.904. The molecule has 0 unspecified atom stereocenters. The van der Waals surface area contributed by atoms with Gasteiger partial charge in [-0.2, -0.15) is 0 Å². The van der Waals surface area contributed by atoms with Gasteiger partial charge in [-0.1, -0.05) is 5.16 Å². The Bertz CT molecular complexity index is 635. The van der Waals surface area contributed by atoms with Crippen molar-refractivity contribution >= 4 is 34.1 Å². The first-order chi connectivity index (χ1) is 10.6. The monoisotopic (exact) mass is 337 g/mol. The van der Waals surface area contributed by atoms with Gasteiger partial charge in [0.1, 0.15) is 5.76 Å². The molecule has 0 bridgehead atoms. The van der Waals surface area contributed by atoms with E-state index in [2.05, 4.69) is 15.5 Å². The first-order valence-electron chi connectivity index (χ1n) is 7.41. The van der Waals surface area contributed by atoms with Gasteiger partial charge in [-0.25, -0.2) is 4.98 Å². The molecule has 2 heterocycles. The highest BCUT2D eigenvalue weighted by Gasteiger charge is 2.16. The summed E-state index contributed by atoms with van der Waals surface area (Å²) in [4.78, 5) is 17.9. The summed E-state index contributed by atoms with van der Waals surface area (Å²) >= 11 is 3.19. The number of rotatable bonds is 5. The van der Waals surface area contributed by atoms with Crippen LogP contribution in [0.25, 0.3) is 0 Å². The maximum atomic E-state index is 12.0. The first-order valence-corrected chi connectivity index (χ1v) is 9.38. The summed E-state index contributed by atoms with van der Waals surface area (Å²) in [5.41, 5.74) is 3.16. The molecule has 22 heavy (non-hydrogen) atoms. The number of carbonyl (C=O) groups excluding carboxylic acids is 1. The van der Waals surface area contributed by atoms with Crippen LogP contribution in [0.3, 0.4) is 0 Å². The Morgan fingerprint density at radius 2 is 2.18 bits per heavy atom. The molecule has 0 radical (unpaired) electrons. The standard InChI is InChI=1S/C15H19N3O2S2/c1-9-11(10(2)20-18-9)7-21-8-14(19)17-15-16-12-5-3-4-6-13(12)22-15/h3-8H2,1-2H3,(H,16,17,19). The van der Waals surface area contributed by atoms with Crippen LogP contribution in [0.15, 0.2) is 4.52 Å². The average Bonchev–Trinajstić information content (AvgIpc) is 3.03. The van der Waals surface area contributed by atoms with Crippen molar-refractivity contribution in [2.75, 3.05) is 11.1 Å². The van der Waals surface area contributed by atoms with E-state index in [4.69, 9.17) is 4.52 Å². The first kappa shape index (κ1) is 15.6. The molecule has 1 amide bonds. The van der Waals surface area contributed by atoms with E-state index in [0.717, 1.165) is 40.7 Å². The van der Waals surface area contributed by atoms with Crippen molar-refractivity contribution < 1.29 is 9.32 Å². The Kier molecular flexibility index (Phi) is 4.83. The fourth-order valence-corrected chi connectivity index (χ4v) is 4.56. The Labute approximate surface area is 137 Å². The number of carbonyl (C=O) groups is 1. The van der Waals surface area contributed by atoms with E-state index in [1.807, 2.05) is 13.8 Å². The van der Waals surface area contributed by atoms with Crippen LogP contribution in [-0.2, 0) is 23.4 Å². The van der Waals surface area contributed by atoms with Gasteiger partial charge in [0, 0.05) is 16.2 Å². The number of anilines is 1. The lowest BCUT2D eigenvalue weighted by molar-refractivity contribution is -0.113. The van der Waals surface area contributed by atoms with E-state index in [0.29, 0.717) is 5.75 Å². The van der Waals surface area contributed by atoms with Gasteiger partial charge in [0.25, 0.3) is 0 Å². The van der Waals surface area contributed by atoms with Crippen molar-refractivity contribution in [1.29, 1.82) is 0 Å². The fraction of sp³-hybridized carbons (Fsp3) is 0.533. The molecule has 0 fully saturated rings. The van der Waals surface area contributed by atoms with Gasteiger partial charge in [-0.15, -0.1) is 23.1 Å². The summed E-state index contributed by atoms with van der Waals surface area (Å²) in [6, 6.07) is 0. The molecule has 118 valence electrons. The molecular weight excluding hydrogens is 318 g/mol. The molecule has 1 N–H and O–H groups in total. The molecule has 0 aliphatic heterocycles. The maximum absolute atomic E-state index is 12.0. The number of fused-ring (bicyclic) bond motifs is 1. The number of nitrogens with zero attached hydrogens (tertiary/aromatic N) is 2. The number of thioether (sulfide) groups is 1. The molecule has 5 nitrogen and oxygen atoms in total. The number of thiazole rings is 1. The van der Waals surface area contributed by atoms with Gasteiger partial charge >= 0.3 is 0 Å². The largest absolute Gasteiger partial charge is 0.361 e. The third-order valence-corrected chi connectivity index (χ3v) is 5.78. The predicted molar refractivity (Wildman–Crippen MR) is 89.5 cm³/mol. The van der Waals surface area contributed by atoms with Crippen molar-refractivity contribution in [3.05, 3.63) is 27.6 Å². The van der Waals surface area contributed by atoms with Crippen LogP contribution < -0.4 is 5.32 Å². The Balaban J connectivity index is 1.49. The fourth-order valence-electron chi connectivity index (χ4n) is 2.51. The number of hydrogen-bond donors (Lipinski definition) is 1. The van der Waals surface area contributed by atoms with Crippen molar-refractivity contribution in [3.8, 4) is 0 Å². The van der Waals surface area contributed by atoms with Crippen LogP contribution in [0, 0.1) is 13.8 Å². The Morgan fingerprint density at radius 1 is 1.36 bits per heavy atom. The number of aromatic nitrogens is 2. The number of hydrogen-bond acceptors (Lipinski definition) is 6. The molecule has 3 rings (SSSR count). The Hall–Kier alpha value is -1.34. The number of aryl methyl sites for hydroxylation is 4. The van der Waals surface area contributed by atoms with Crippen LogP contribution >= 0.6 is 23.1 Å². The smallest absolute Gasteiger partial charge is 0.236 e. The summed E-state index contributed by atoms with van der Waals surface area (Å²) in [5.74, 6) is 1.98. The highest BCUT2D eigenvalue weighted by molar-refractivity contribution is 7.99. The van der Waals surface area contributed by atoms with Crippen LogP contribution in [0.1, 0.15) is 40.4 Å². The van der Waals surface area contributed by atoms with E-state index in [1.54, 1.807) is 23.1 Å². The van der Waals surface area contributed by atoms with Crippen LogP contribution in [0.5, 0.6) is 0 Å². The number of nitrogens with one attached hydrogen (secondary N) is 1. The molecule has 0 aromatic carbocycles. The van der Waals surface area contributed by atoms with E-state index in [1.165, 1.54) is 23.4 Å². The lowest BCUT2D eigenvalue weighted by Crippen LogP contribution is -2.14. The molecule has 0 atom stereocenters. The van der Waals surface area contributed by atoms with Crippen molar-refractivity contribution in [2.24, 2.45) is 0 Å². The molecule has 0 saturated carbocycles. The molecule has 0 spiro atoms. The molecule has 7 heteroatoms. The SMILES string of the molecule is Cc1noc(C)c1CSCC(=O)Nc1nc2c(s1)CCCC2. The minimum atomic E-state index is 0.00265. The number of amides is 1. The minimum Gasteiger partial charge on any atom is -0.361 e. The van der Waals surface area contributed by atoms with E-state index >= 15 is 0 Å². The molecule has 2 aromatic rings. The van der Waals surface area contributed by atoms with Crippen LogP contribution in [0.4, 0.5) is 5.13 Å². The topological polar surface area (TPSA) is 68.0 Å². The summed E-state index contributed by atoms with van der Waals surface area (Å²) in [5, 5.41) is 7.58. The molecular formula is C15H19N3O2S2. The molecule has 1 aliphatic carbocycles. The van der Waals surface area contributed by atoms with Gasteiger partial charge in [0.15, 0.2) is 5.13 Å². The van der Waals surface area contributed by atoms with E-state index in [-0.39, 0.29) is 5.91 Å².